The van der Waals surface area contributed by atoms with E-state index in [-0.39, 0.29) is 11.9 Å². The molecular weight excluding hydrogens is 308 g/mol. The number of methoxy groups -OCH3 is 1. The number of likely N-dealkylation sites (tertiary alicyclic amines) is 1. The Morgan fingerprint density at radius 3 is 2.84 bits per heavy atom. The van der Waals surface area contributed by atoms with Crippen LogP contribution in [-0.4, -0.2) is 42.6 Å². The van der Waals surface area contributed by atoms with Gasteiger partial charge >= 0.3 is 0 Å². The fraction of sp³-hybridized carbons (Fsp3) is 0.500. The van der Waals surface area contributed by atoms with Gasteiger partial charge in [0.15, 0.2) is 0 Å². The molecule has 1 N–H and O–H groups in total. The quantitative estimate of drug-likeness (QED) is 0.868. The van der Waals surface area contributed by atoms with E-state index in [2.05, 4.69) is 27.9 Å². The Bertz CT molecular complexity index is 502. The number of nitrogens with zero attached hydrogens (tertiary/aromatic N) is 2. The first-order valence-corrected chi connectivity index (χ1v) is 7.14. The van der Waals surface area contributed by atoms with E-state index in [4.69, 9.17) is 9.73 Å². The SMILES string of the molecule is COc1c(Br)ccc(O)c1C(C)=NC1CCCN1C. The van der Waals surface area contributed by atoms with E-state index in [0.29, 0.717) is 11.3 Å². The number of rotatable bonds is 3. The molecule has 0 radical (unpaired) electrons. The van der Waals surface area contributed by atoms with Gasteiger partial charge in [-0.15, -0.1) is 0 Å². The maximum absolute atomic E-state index is 10.1. The second kappa shape index (κ2) is 5.92. The van der Waals surface area contributed by atoms with Crippen molar-refractivity contribution >= 4 is 21.6 Å². The average Bonchev–Trinajstić information content (AvgIpc) is 2.77. The fourth-order valence-corrected chi connectivity index (χ4v) is 2.93. The van der Waals surface area contributed by atoms with Gasteiger partial charge in [-0.2, -0.15) is 0 Å². The molecular formula is C14H19BrN2O2. The maximum atomic E-state index is 10.1. The van der Waals surface area contributed by atoms with E-state index in [0.717, 1.165) is 23.1 Å². The highest BCUT2D eigenvalue weighted by Crippen LogP contribution is 2.35. The summed E-state index contributed by atoms with van der Waals surface area (Å²) in [6, 6.07) is 3.42. The van der Waals surface area contributed by atoms with Gasteiger partial charge in [-0.25, -0.2) is 0 Å². The maximum Gasteiger partial charge on any atom is 0.145 e. The van der Waals surface area contributed by atoms with Crippen LogP contribution in [0.5, 0.6) is 11.5 Å². The van der Waals surface area contributed by atoms with Crippen LogP contribution in [0.3, 0.4) is 0 Å². The molecule has 2 rings (SSSR count). The molecule has 1 aliphatic heterocycles. The van der Waals surface area contributed by atoms with Gasteiger partial charge in [-0.1, -0.05) is 0 Å². The Morgan fingerprint density at radius 2 is 2.26 bits per heavy atom. The molecule has 4 nitrogen and oxygen atoms in total. The van der Waals surface area contributed by atoms with Crippen molar-refractivity contribution < 1.29 is 9.84 Å². The van der Waals surface area contributed by atoms with E-state index in [1.165, 1.54) is 6.42 Å². The first kappa shape index (κ1) is 14.3. The third-order valence-electron chi connectivity index (χ3n) is 3.48. The van der Waals surface area contributed by atoms with Crippen LogP contribution in [0.2, 0.25) is 0 Å². The molecule has 1 aromatic rings. The normalized spacial score (nSPS) is 20.8. The number of aromatic hydroxyl groups is 1. The van der Waals surface area contributed by atoms with Crippen LogP contribution in [0, 0.1) is 0 Å². The average molecular weight is 327 g/mol. The number of halogens is 1. The summed E-state index contributed by atoms with van der Waals surface area (Å²) in [6.45, 7) is 2.99. The molecule has 1 aromatic carbocycles. The predicted octanol–water partition coefficient (Wildman–Crippen LogP) is 3.02. The van der Waals surface area contributed by atoms with Gasteiger partial charge in [0.2, 0.25) is 0 Å². The molecule has 1 unspecified atom stereocenters. The Balaban J connectivity index is 2.40. The van der Waals surface area contributed by atoms with E-state index in [1.807, 2.05) is 6.92 Å². The topological polar surface area (TPSA) is 45.1 Å². The monoisotopic (exact) mass is 326 g/mol. The van der Waals surface area contributed by atoms with Crippen LogP contribution in [0.1, 0.15) is 25.3 Å². The number of aliphatic imine (C=N–C) groups is 1. The largest absolute Gasteiger partial charge is 0.507 e. The summed E-state index contributed by atoms with van der Waals surface area (Å²) < 4.78 is 6.18. The number of hydrogen-bond donors (Lipinski definition) is 1. The van der Waals surface area contributed by atoms with Gasteiger partial charge in [0.25, 0.3) is 0 Å². The molecule has 0 aliphatic carbocycles. The Kier molecular flexibility index (Phi) is 4.47. The Labute approximate surface area is 122 Å². The number of phenolic OH excluding ortho intramolecular Hbond substituents is 1. The predicted molar refractivity (Wildman–Crippen MR) is 80.2 cm³/mol. The lowest BCUT2D eigenvalue weighted by molar-refractivity contribution is 0.320. The summed E-state index contributed by atoms with van der Waals surface area (Å²) in [5, 5.41) is 10.1. The molecule has 1 atom stereocenters. The lowest BCUT2D eigenvalue weighted by Crippen LogP contribution is -2.24. The van der Waals surface area contributed by atoms with Crippen LogP contribution in [0.15, 0.2) is 21.6 Å². The molecule has 104 valence electrons. The summed E-state index contributed by atoms with van der Waals surface area (Å²) >= 11 is 3.43. The van der Waals surface area contributed by atoms with Crippen molar-refractivity contribution in [2.24, 2.45) is 4.99 Å². The zero-order chi connectivity index (χ0) is 14.0. The van der Waals surface area contributed by atoms with Crippen molar-refractivity contribution in [3.63, 3.8) is 0 Å². The van der Waals surface area contributed by atoms with E-state index >= 15 is 0 Å². The molecule has 0 amide bonds. The van der Waals surface area contributed by atoms with Crippen molar-refractivity contribution in [2.45, 2.75) is 25.9 Å². The van der Waals surface area contributed by atoms with Crippen LogP contribution in [0.25, 0.3) is 0 Å². The summed E-state index contributed by atoms with van der Waals surface area (Å²) in [4.78, 5) is 6.95. The number of phenols is 1. The van der Waals surface area contributed by atoms with Crippen molar-refractivity contribution in [3.05, 3.63) is 22.2 Å². The van der Waals surface area contributed by atoms with Crippen molar-refractivity contribution in [3.8, 4) is 11.5 Å². The first-order valence-electron chi connectivity index (χ1n) is 6.35. The number of hydrogen-bond acceptors (Lipinski definition) is 4. The third-order valence-corrected chi connectivity index (χ3v) is 4.10. The van der Waals surface area contributed by atoms with Crippen molar-refractivity contribution in [1.29, 1.82) is 0 Å². The lowest BCUT2D eigenvalue weighted by atomic mass is 10.1. The lowest BCUT2D eigenvalue weighted by Gasteiger charge is -2.18. The molecule has 1 saturated heterocycles. The van der Waals surface area contributed by atoms with Crippen LogP contribution in [-0.2, 0) is 0 Å². The van der Waals surface area contributed by atoms with Crippen molar-refractivity contribution in [2.75, 3.05) is 20.7 Å². The molecule has 0 bridgehead atoms. The molecule has 0 aromatic heterocycles. The smallest absolute Gasteiger partial charge is 0.145 e. The minimum Gasteiger partial charge on any atom is -0.507 e. The van der Waals surface area contributed by atoms with Crippen LogP contribution in [0.4, 0.5) is 0 Å². The van der Waals surface area contributed by atoms with Crippen LogP contribution < -0.4 is 4.74 Å². The van der Waals surface area contributed by atoms with Gasteiger partial charge < -0.3 is 9.84 Å². The van der Waals surface area contributed by atoms with Gasteiger partial charge in [-0.3, -0.25) is 9.89 Å². The second-order valence-corrected chi connectivity index (χ2v) is 5.65. The highest BCUT2D eigenvalue weighted by Gasteiger charge is 2.22. The number of ether oxygens (including phenoxy) is 1. The van der Waals surface area contributed by atoms with Gasteiger partial charge in [-0.05, 0) is 61.4 Å². The summed E-state index contributed by atoms with van der Waals surface area (Å²) in [6.07, 6.45) is 2.42. The molecule has 19 heavy (non-hydrogen) atoms. The standard InChI is InChI=1S/C14H19BrN2O2/c1-9(16-12-5-4-8-17(12)2)13-11(18)7-6-10(15)14(13)19-3/h6-7,12,18H,4-5,8H2,1-3H3. The zero-order valence-electron chi connectivity index (χ0n) is 11.5. The summed E-state index contributed by atoms with van der Waals surface area (Å²) in [7, 11) is 3.67. The molecule has 0 spiro atoms. The van der Waals surface area contributed by atoms with Gasteiger partial charge in [0.1, 0.15) is 17.7 Å². The van der Waals surface area contributed by atoms with E-state index < -0.39 is 0 Å². The van der Waals surface area contributed by atoms with Gasteiger partial charge in [0.05, 0.1) is 17.1 Å². The minimum absolute atomic E-state index is 0.196. The Morgan fingerprint density at radius 1 is 1.53 bits per heavy atom. The minimum atomic E-state index is 0.196. The highest BCUT2D eigenvalue weighted by atomic mass is 79.9. The van der Waals surface area contributed by atoms with Gasteiger partial charge in [0, 0.05) is 5.71 Å². The second-order valence-electron chi connectivity index (χ2n) is 4.79. The first-order chi connectivity index (χ1) is 9.04. The molecule has 1 heterocycles. The summed E-state index contributed by atoms with van der Waals surface area (Å²) in [5.74, 6) is 0.823. The molecule has 5 heteroatoms. The zero-order valence-corrected chi connectivity index (χ0v) is 13.1. The van der Waals surface area contributed by atoms with E-state index in [1.54, 1.807) is 19.2 Å². The third kappa shape index (κ3) is 2.92. The molecule has 1 fully saturated rings. The molecule has 1 aliphatic rings. The fourth-order valence-electron chi connectivity index (χ4n) is 2.44. The summed E-state index contributed by atoms with van der Waals surface area (Å²) in [5.41, 5.74) is 1.46. The Hall–Kier alpha value is -1.07. The number of benzene rings is 1. The van der Waals surface area contributed by atoms with E-state index in [9.17, 15) is 5.11 Å². The van der Waals surface area contributed by atoms with Crippen LogP contribution >= 0.6 is 15.9 Å². The highest BCUT2D eigenvalue weighted by molar-refractivity contribution is 9.10. The molecule has 0 saturated carbocycles. The van der Waals surface area contributed by atoms with Crippen molar-refractivity contribution in [1.82, 2.24) is 4.90 Å².